The van der Waals surface area contributed by atoms with Crippen LogP contribution in [0.4, 0.5) is 0 Å². The van der Waals surface area contributed by atoms with Gasteiger partial charge in [0.05, 0.1) is 6.54 Å². The van der Waals surface area contributed by atoms with Crippen molar-refractivity contribution < 1.29 is 4.79 Å². The monoisotopic (exact) mass is 370 g/mol. The Hall–Kier alpha value is -2.91. The summed E-state index contributed by atoms with van der Waals surface area (Å²) in [5, 5.41) is 3.41. The van der Waals surface area contributed by atoms with E-state index in [-0.39, 0.29) is 11.8 Å². The number of nitrogens with one attached hydrogen (secondary N) is 1. The van der Waals surface area contributed by atoms with Crippen LogP contribution in [0.5, 0.6) is 0 Å². The molecule has 0 saturated heterocycles. The van der Waals surface area contributed by atoms with Crippen LogP contribution in [0.15, 0.2) is 84.9 Å². The van der Waals surface area contributed by atoms with Gasteiger partial charge in [-0.1, -0.05) is 84.9 Å². The molecule has 3 nitrogen and oxygen atoms in total. The quantitative estimate of drug-likeness (QED) is 0.711. The fourth-order valence-electron chi connectivity index (χ4n) is 3.94. The second-order valence-corrected chi connectivity index (χ2v) is 7.34. The third-order valence-electron chi connectivity index (χ3n) is 5.51. The molecule has 1 amide bonds. The van der Waals surface area contributed by atoms with Crippen LogP contribution < -0.4 is 5.32 Å². The van der Waals surface area contributed by atoms with Gasteiger partial charge in [-0.15, -0.1) is 0 Å². The van der Waals surface area contributed by atoms with E-state index in [0.29, 0.717) is 6.54 Å². The molecule has 4 rings (SSSR count). The molecule has 0 aromatic heterocycles. The number of hydrogen-bond donors (Lipinski definition) is 1. The number of carbonyl (C=O) groups excluding carboxylic acids is 1. The Morgan fingerprint density at radius 2 is 1.39 bits per heavy atom. The molecule has 1 N–H and O–H groups in total. The second-order valence-electron chi connectivity index (χ2n) is 7.34. The second kappa shape index (κ2) is 8.85. The molecular weight excluding hydrogens is 344 g/mol. The third-order valence-corrected chi connectivity index (χ3v) is 5.51. The zero-order valence-corrected chi connectivity index (χ0v) is 16.1. The SMILES string of the molecule is O=C(CNCC(c1ccccc1)c1ccccc1)N1CCc2ccccc2C1. The molecule has 3 heteroatoms. The highest BCUT2D eigenvalue weighted by molar-refractivity contribution is 5.78. The molecular formula is C25H26N2O. The van der Waals surface area contributed by atoms with E-state index in [9.17, 15) is 4.79 Å². The molecule has 1 aliphatic heterocycles. The fourth-order valence-corrected chi connectivity index (χ4v) is 3.94. The van der Waals surface area contributed by atoms with Crippen LogP contribution in [-0.4, -0.2) is 30.4 Å². The van der Waals surface area contributed by atoms with Crippen LogP contribution in [0.25, 0.3) is 0 Å². The van der Waals surface area contributed by atoms with E-state index in [2.05, 4.69) is 78.1 Å². The van der Waals surface area contributed by atoms with E-state index < -0.39 is 0 Å². The molecule has 3 aromatic rings. The van der Waals surface area contributed by atoms with Crippen molar-refractivity contribution in [3.8, 4) is 0 Å². The lowest BCUT2D eigenvalue weighted by Crippen LogP contribution is -2.41. The standard InChI is InChI=1S/C25H26N2O/c28-25(27-16-15-20-9-7-8-14-23(20)19-27)18-26-17-24(21-10-3-1-4-11-21)22-12-5-2-6-13-22/h1-14,24,26H,15-19H2. The van der Waals surface area contributed by atoms with Crippen molar-refractivity contribution in [3.05, 3.63) is 107 Å². The van der Waals surface area contributed by atoms with E-state index in [0.717, 1.165) is 26.1 Å². The summed E-state index contributed by atoms with van der Waals surface area (Å²) < 4.78 is 0. The Kier molecular flexibility index (Phi) is 5.83. The highest BCUT2D eigenvalue weighted by Crippen LogP contribution is 2.24. The maximum absolute atomic E-state index is 12.7. The third kappa shape index (κ3) is 4.32. The van der Waals surface area contributed by atoms with Gasteiger partial charge >= 0.3 is 0 Å². The first-order valence-electron chi connectivity index (χ1n) is 9.96. The molecule has 0 spiro atoms. The Labute approximate surface area is 167 Å². The van der Waals surface area contributed by atoms with Crippen molar-refractivity contribution in [2.75, 3.05) is 19.6 Å². The number of nitrogens with zero attached hydrogens (tertiary/aromatic N) is 1. The first-order chi connectivity index (χ1) is 13.8. The van der Waals surface area contributed by atoms with E-state index in [4.69, 9.17) is 0 Å². The zero-order chi connectivity index (χ0) is 19.2. The predicted octanol–water partition coefficient (Wildman–Crippen LogP) is 3.99. The zero-order valence-electron chi connectivity index (χ0n) is 16.1. The number of carbonyl (C=O) groups is 1. The van der Waals surface area contributed by atoms with E-state index in [1.54, 1.807) is 0 Å². The minimum absolute atomic E-state index is 0.175. The van der Waals surface area contributed by atoms with E-state index in [1.165, 1.54) is 22.3 Å². The van der Waals surface area contributed by atoms with Crippen molar-refractivity contribution in [2.45, 2.75) is 18.9 Å². The summed E-state index contributed by atoms with van der Waals surface area (Å²) in [6.07, 6.45) is 0.943. The average Bonchev–Trinajstić information content (AvgIpc) is 2.77. The van der Waals surface area contributed by atoms with Crippen molar-refractivity contribution in [3.63, 3.8) is 0 Å². The fraction of sp³-hybridized carbons (Fsp3) is 0.240. The largest absolute Gasteiger partial charge is 0.337 e. The van der Waals surface area contributed by atoms with Crippen molar-refractivity contribution in [1.82, 2.24) is 10.2 Å². The maximum Gasteiger partial charge on any atom is 0.236 e. The van der Waals surface area contributed by atoms with Crippen LogP contribution in [0, 0.1) is 0 Å². The molecule has 0 atom stereocenters. The first-order valence-corrected chi connectivity index (χ1v) is 9.96. The normalized spacial score (nSPS) is 13.4. The Bertz CT molecular complexity index is 869. The molecule has 0 unspecified atom stereocenters. The van der Waals surface area contributed by atoms with Gasteiger partial charge in [0.25, 0.3) is 0 Å². The van der Waals surface area contributed by atoms with Gasteiger partial charge in [-0.05, 0) is 28.7 Å². The average molecular weight is 370 g/mol. The van der Waals surface area contributed by atoms with Crippen molar-refractivity contribution in [1.29, 1.82) is 0 Å². The minimum atomic E-state index is 0.175. The molecule has 0 radical (unpaired) electrons. The van der Waals surface area contributed by atoms with Gasteiger partial charge in [0, 0.05) is 25.6 Å². The molecule has 3 aromatic carbocycles. The summed E-state index contributed by atoms with van der Waals surface area (Å²) in [5.74, 6) is 0.409. The molecule has 0 saturated carbocycles. The highest BCUT2D eigenvalue weighted by Gasteiger charge is 2.20. The summed E-state index contributed by atoms with van der Waals surface area (Å²) in [5.41, 5.74) is 5.17. The smallest absolute Gasteiger partial charge is 0.236 e. The van der Waals surface area contributed by atoms with Gasteiger partial charge < -0.3 is 10.2 Å². The number of hydrogen-bond acceptors (Lipinski definition) is 2. The number of rotatable bonds is 6. The Balaban J connectivity index is 1.38. The summed E-state index contributed by atoms with van der Waals surface area (Å²) in [4.78, 5) is 14.7. The van der Waals surface area contributed by atoms with Crippen LogP contribution in [0.1, 0.15) is 28.2 Å². The van der Waals surface area contributed by atoms with Gasteiger partial charge in [0.2, 0.25) is 5.91 Å². The van der Waals surface area contributed by atoms with Gasteiger partial charge in [-0.25, -0.2) is 0 Å². The number of fused-ring (bicyclic) bond motifs is 1. The summed E-state index contributed by atoms with van der Waals surface area (Å²) in [7, 11) is 0. The molecule has 0 bridgehead atoms. The van der Waals surface area contributed by atoms with E-state index in [1.807, 2.05) is 17.0 Å². The summed E-state index contributed by atoms with van der Waals surface area (Å²) in [6, 6.07) is 29.4. The first kappa shape index (κ1) is 18.5. The lowest BCUT2D eigenvalue weighted by atomic mass is 9.91. The Morgan fingerprint density at radius 1 is 0.821 bits per heavy atom. The molecule has 1 aliphatic rings. The van der Waals surface area contributed by atoms with Crippen LogP contribution in [0.3, 0.4) is 0 Å². The van der Waals surface area contributed by atoms with Gasteiger partial charge in [-0.2, -0.15) is 0 Å². The maximum atomic E-state index is 12.7. The van der Waals surface area contributed by atoms with Crippen molar-refractivity contribution in [2.24, 2.45) is 0 Å². The Morgan fingerprint density at radius 3 is 2.04 bits per heavy atom. The minimum Gasteiger partial charge on any atom is -0.337 e. The van der Waals surface area contributed by atoms with Gasteiger partial charge in [0.15, 0.2) is 0 Å². The summed E-state index contributed by atoms with van der Waals surface area (Å²) >= 11 is 0. The van der Waals surface area contributed by atoms with E-state index >= 15 is 0 Å². The van der Waals surface area contributed by atoms with Crippen LogP contribution in [-0.2, 0) is 17.8 Å². The lowest BCUT2D eigenvalue weighted by molar-refractivity contribution is -0.131. The van der Waals surface area contributed by atoms with Gasteiger partial charge in [-0.3, -0.25) is 4.79 Å². The van der Waals surface area contributed by atoms with Crippen molar-refractivity contribution >= 4 is 5.91 Å². The number of amides is 1. The van der Waals surface area contributed by atoms with Gasteiger partial charge in [0.1, 0.15) is 0 Å². The topological polar surface area (TPSA) is 32.3 Å². The molecule has 0 fully saturated rings. The lowest BCUT2D eigenvalue weighted by Gasteiger charge is -2.29. The molecule has 1 heterocycles. The number of benzene rings is 3. The molecule has 142 valence electrons. The molecule has 28 heavy (non-hydrogen) atoms. The van der Waals surface area contributed by atoms with Crippen LogP contribution >= 0.6 is 0 Å². The summed E-state index contributed by atoms with van der Waals surface area (Å²) in [6.45, 7) is 2.64. The van der Waals surface area contributed by atoms with Crippen LogP contribution in [0.2, 0.25) is 0 Å². The predicted molar refractivity (Wildman–Crippen MR) is 113 cm³/mol. The highest BCUT2D eigenvalue weighted by atomic mass is 16.2. The molecule has 0 aliphatic carbocycles.